The second kappa shape index (κ2) is 2.70. The van der Waals surface area contributed by atoms with Crippen LogP contribution in [0.25, 0.3) is 0 Å². The van der Waals surface area contributed by atoms with Gasteiger partial charge in [-0.25, -0.2) is 0 Å². The van der Waals surface area contributed by atoms with Crippen molar-refractivity contribution in [3.8, 4) is 11.2 Å². The van der Waals surface area contributed by atoms with Crippen molar-refractivity contribution in [2.45, 2.75) is 13.3 Å². The number of hydrogen-bond acceptors (Lipinski definition) is 2. The summed E-state index contributed by atoms with van der Waals surface area (Å²) in [6.45, 7) is 1.66. The van der Waals surface area contributed by atoms with E-state index in [2.05, 4.69) is 5.92 Å². The minimum absolute atomic E-state index is 0.390. The quantitative estimate of drug-likeness (QED) is 0.440. The van der Waals surface area contributed by atoms with Gasteiger partial charge in [-0.2, -0.15) is 8.42 Å². The van der Waals surface area contributed by atoms with Crippen molar-refractivity contribution in [2.75, 3.05) is 0 Å². The fourth-order valence-electron chi connectivity index (χ4n) is 0.161. The Hall–Kier alpha value is -0.530. The van der Waals surface area contributed by atoms with E-state index in [1.807, 2.05) is 0 Å². The second-order valence-corrected chi connectivity index (χ2v) is 2.20. The molecular weight excluding hydrogens is 128 g/mol. The first-order chi connectivity index (χ1) is 3.56. The predicted molar refractivity (Wildman–Crippen MR) is 27.7 cm³/mol. The highest BCUT2D eigenvalue weighted by atomic mass is 32.2. The van der Waals surface area contributed by atoms with E-state index in [1.54, 1.807) is 6.92 Å². The molecule has 0 rings (SSSR count). The summed E-state index contributed by atoms with van der Waals surface area (Å²) >= 11 is 0. The maximum atomic E-state index is 9.66. The van der Waals surface area contributed by atoms with Crippen LogP contribution in [-0.4, -0.2) is 8.42 Å². The molecule has 0 bridgehead atoms. The van der Waals surface area contributed by atoms with Gasteiger partial charge in [-0.05, 0) is 0 Å². The minimum Gasteiger partial charge on any atom is -0.183 e. The summed E-state index contributed by atoms with van der Waals surface area (Å²) in [6.07, 6.45) is 0.390. The molecule has 0 aromatic carbocycles. The third-order valence-electron chi connectivity index (χ3n) is 0.374. The molecular formula is C4H5O3S. The van der Waals surface area contributed by atoms with Gasteiger partial charge < -0.3 is 0 Å². The van der Waals surface area contributed by atoms with Crippen molar-refractivity contribution >= 4 is 10.1 Å². The lowest BCUT2D eigenvalue weighted by Crippen LogP contribution is -1.86. The molecule has 0 N–H and O–H groups in total. The largest absolute Gasteiger partial charge is 0.365 e. The monoisotopic (exact) mass is 133 g/mol. The Bertz CT molecular complexity index is 203. The van der Waals surface area contributed by atoms with Gasteiger partial charge in [0.25, 0.3) is 0 Å². The Balaban J connectivity index is 4.12. The lowest BCUT2D eigenvalue weighted by Gasteiger charge is -1.70. The summed E-state index contributed by atoms with van der Waals surface area (Å²) in [4.78, 5) is 0. The van der Waals surface area contributed by atoms with Gasteiger partial charge >= 0.3 is 10.1 Å². The van der Waals surface area contributed by atoms with Crippen molar-refractivity contribution in [1.82, 2.24) is 0 Å². The molecule has 0 spiro atoms. The molecule has 0 atom stereocenters. The maximum Gasteiger partial charge on any atom is 0.365 e. The van der Waals surface area contributed by atoms with Crippen molar-refractivity contribution in [3.63, 3.8) is 0 Å². The zero-order chi connectivity index (χ0) is 6.62. The molecule has 3 nitrogen and oxygen atoms in total. The van der Waals surface area contributed by atoms with Gasteiger partial charge in [0.2, 0.25) is 0 Å². The molecule has 0 unspecified atom stereocenters. The summed E-state index contributed by atoms with van der Waals surface area (Å²) in [6, 6.07) is 0. The molecule has 0 amide bonds. The lowest BCUT2D eigenvalue weighted by atomic mass is 10.5. The average molecular weight is 133 g/mol. The summed E-state index contributed by atoms with van der Waals surface area (Å²) in [5.41, 5.74) is 0. The van der Waals surface area contributed by atoms with Crippen LogP contribution in [0.1, 0.15) is 13.3 Å². The van der Waals surface area contributed by atoms with E-state index in [9.17, 15) is 13.0 Å². The third kappa shape index (κ3) is 5.47. The van der Waals surface area contributed by atoms with Gasteiger partial charge in [-0.1, -0.05) is 17.4 Å². The Kier molecular flexibility index (Phi) is 2.52. The van der Waals surface area contributed by atoms with Crippen molar-refractivity contribution in [1.29, 1.82) is 0 Å². The van der Waals surface area contributed by atoms with E-state index in [1.165, 1.54) is 5.25 Å². The average Bonchev–Trinajstić information content (AvgIpc) is 1.59. The molecule has 0 aromatic rings. The van der Waals surface area contributed by atoms with E-state index >= 15 is 0 Å². The molecule has 0 heterocycles. The first-order valence-electron chi connectivity index (χ1n) is 2.01. The van der Waals surface area contributed by atoms with E-state index in [0.29, 0.717) is 6.42 Å². The highest BCUT2D eigenvalue weighted by Crippen LogP contribution is 1.77. The van der Waals surface area contributed by atoms with Gasteiger partial charge in [0, 0.05) is 6.42 Å². The zero-order valence-electron chi connectivity index (χ0n) is 4.34. The summed E-state index contributed by atoms with van der Waals surface area (Å²) < 4.78 is 29.0. The molecule has 0 aliphatic carbocycles. The standard InChI is InChI=1S/C4H5O3S/c1-2-3-4-8(5,6)7/h2H2,1H3. The fraction of sp³-hybridized carbons (Fsp3) is 0.500. The second-order valence-electron chi connectivity index (χ2n) is 1.09. The highest BCUT2D eigenvalue weighted by molar-refractivity contribution is 7.90. The zero-order valence-corrected chi connectivity index (χ0v) is 5.16. The van der Waals surface area contributed by atoms with Crippen molar-refractivity contribution < 1.29 is 13.0 Å². The summed E-state index contributed by atoms with van der Waals surface area (Å²) in [5.74, 6) is 2.14. The van der Waals surface area contributed by atoms with Gasteiger partial charge in [-0.3, -0.25) is 0 Å². The van der Waals surface area contributed by atoms with Crippen LogP contribution in [-0.2, 0) is 14.7 Å². The highest BCUT2D eigenvalue weighted by Gasteiger charge is 1.94. The van der Waals surface area contributed by atoms with Crippen LogP contribution in [0.15, 0.2) is 0 Å². The Labute approximate surface area is 48.5 Å². The van der Waals surface area contributed by atoms with Crippen LogP contribution in [0.4, 0.5) is 0 Å². The molecule has 45 valence electrons. The molecule has 0 fully saturated rings. The number of hydrogen-bond donors (Lipinski definition) is 0. The van der Waals surface area contributed by atoms with Crippen LogP contribution in [0.5, 0.6) is 0 Å². The van der Waals surface area contributed by atoms with Gasteiger partial charge in [-0.15, -0.1) is 0 Å². The third-order valence-corrected chi connectivity index (χ3v) is 0.768. The van der Waals surface area contributed by atoms with Gasteiger partial charge in [0.1, 0.15) is 0 Å². The van der Waals surface area contributed by atoms with E-state index in [4.69, 9.17) is 0 Å². The molecule has 0 aromatic heterocycles. The lowest BCUT2D eigenvalue weighted by molar-refractivity contribution is 0.426. The van der Waals surface area contributed by atoms with E-state index in [-0.39, 0.29) is 0 Å². The van der Waals surface area contributed by atoms with Crippen LogP contribution in [0.3, 0.4) is 0 Å². The molecule has 4 heteroatoms. The van der Waals surface area contributed by atoms with Gasteiger partial charge in [0.15, 0.2) is 0 Å². The maximum absolute atomic E-state index is 9.66. The smallest absolute Gasteiger partial charge is 0.183 e. The van der Waals surface area contributed by atoms with E-state index < -0.39 is 10.1 Å². The van der Waals surface area contributed by atoms with Crippen LogP contribution >= 0.6 is 0 Å². The Morgan fingerprint density at radius 2 is 2.00 bits per heavy atom. The molecule has 0 saturated heterocycles. The van der Waals surface area contributed by atoms with Crippen LogP contribution < -0.4 is 0 Å². The summed E-state index contributed by atoms with van der Waals surface area (Å²) in [5, 5.41) is 1.54. The van der Waals surface area contributed by atoms with Crippen molar-refractivity contribution in [2.24, 2.45) is 0 Å². The fourth-order valence-corrected chi connectivity index (χ4v) is 0.482. The number of rotatable bonds is 0. The van der Waals surface area contributed by atoms with Crippen LogP contribution in [0, 0.1) is 11.2 Å². The SMILES string of the molecule is CCC#CS([O])(=O)=O. The summed E-state index contributed by atoms with van der Waals surface area (Å²) in [7, 11) is -4.30. The molecule has 0 aliphatic rings. The topological polar surface area (TPSA) is 54.0 Å². The molecule has 1 radical (unpaired) electrons. The Morgan fingerprint density at radius 3 is 2.12 bits per heavy atom. The Morgan fingerprint density at radius 1 is 1.50 bits per heavy atom. The van der Waals surface area contributed by atoms with Crippen molar-refractivity contribution in [3.05, 3.63) is 0 Å². The minimum atomic E-state index is -4.30. The van der Waals surface area contributed by atoms with E-state index in [0.717, 1.165) is 0 Å². The first-order valence-corrected chi connectivity index (χ1v) is 3.42. The first kappa shape index (κ1) is 7.47. The normalized spacial score (nSPS) is 9.75. The van der Waals surface area contributed by atoms with Gasteiger partial charge in [0.05, 0.1) is 5.25 Å². The van der Waals surface area contributed by atoms with Crippen LogP contribution in [0.2, 0.25) is 0 Å². The molecule has 0 saturated carbocycles. The molecule has 0 aliphatic heterocycles. The predicted octanol–water partition coefficient (Wildman–Crippen LogP) is 0.118. The molecule has 8 heavy (non-hydrogen) atoms.